The SMILES string of the molecule is NCc1ccc(Nc2c(F)cccc2Cl)cn1. The number of nitrogens with zero attached hydrogens (tertiary/aromatic N) is 1. The van der Waals surface area contributed by atoms with E-state index in [2.05, 4.69) is 10.3 Å². The van der Waals surface area contributed by atoms with Crippen molar-refractivity contribution < 1.29 is 4.39 Å². The summed E-state index contributed by atoms with van der Waals surface area (Å²) in [5.41, 5.74) is 7.12. The van der Waals surface area contributed by atoms with E-state index in [0.29, 0.717) is 17.3 Å². The maximum absolute atomic E-state index is 13.5. The quantitative estimate of drug-likeness (QED) is 0.881. The zero-order valence-electron chi connectivity index (χ0n) is 8.95. The molecule has 1 heterocycles. The molecule has 0 aliphatic carbocycles. The van der Waals surface area contributed by atoms with Gasteiger partial charge in [-0.05, 0) is 24.3 Å². The molecule has 0 spiro atoms. The molecular formula is C12H11ClFN3. The Balaban J connectivity index is 2.25. The molecule has 0 aliphatic rings. The van der Waals surface area contributed by atoms with Crippen molar-refractivity contribution >= 4 is 23.0 Å². The zero-order valence-corrected chi connectivity index (χ0v) is 9.71. The van der Waals surface area contributed by atoms with Crippen LogP contribution in [0.4, 0.5) is 15.8 Å². The minimum absolute atomic E-state index is 0.247. The molecule has 3 N–H and O–H groups in total. The van der Waals surface area contributed by atoms with Gasteiger partial charge in [0.05, 0.1) is 28.3 Å². The van der Waals surface area contributed by atoms with Crippen molar-refractivity contribution in [2.24, 2.45) is 5.73 Å². The second kappa shape index (κ2) is 5.12. The van der Waals surface area contributed by atoms with Gasteiger partial charge in [-0.2, -0.15) is 0 Å². The third-order valence-electron chi connectivity index (χ3n) is 2.27. The highest BCUT2D eigenvalue weighted by atomic mass is 35.5. The average Bonchev–Trinajstić information content (AvgIpc) is 2.35. The van der Waals surface area contributed by atoms with Gasteiger partial charge in [-0.3, -0.25) is 4.98 Å². The molecule has 0 saturated heterocycles. The lowest BCUT2D eigenvalue weighted by Crippen LogP contribution is -2.00. The van der Waals surface area contributed by atoms with Crippen LogP contribution in [0.15, 0.2) is 36.5 Å². The molecule has 0 bridgehead atoms. The van der Waals surface area contributed by atoms with Crippen LogP contribution in [0.5, 0.6) is 0 Å². The molecule has 1 aromatic heterocycles. The van der Waals surface area contributed by atoms with Gasteiger partial charge in [-0.15, -0.1) is 0 Å². The van der Waals surface area contributed by atoms with Gasteiger partial charge in [-0.1, -0.05) is 17.7 Å². The molecule has 3 nitrogen and oxygen atoms in total. The Labute approximate surface area is 103 Å². The van der Waals surface area contributed by atoms with E-state index in [0.717, 1.165) is 5.69 Å². The van der Waals surface area contributed by atoms with Gasteiger partial charge in [-0.25, -0.2) is 4.39 Å². The number of aromatic nitrogens is 1. The van der Waals surface area contributed by atoms with Crippen molar-refractivity contribution in [3.63, 3.8) is 0 Å². The highest BCUT2D eigenvalue weighted by molar-refractivity contribution is 6.33. The summed E-state index contributed by atoms with van der Waals surface area (Å²) in [6.45, 7) is 0.376. The number of rotatable bonds is 3. The molecule has 1 aromatic carbocycles. The lowest BCUT2D eigenvalue weighted by molar-refractivity contribution is 0.632. The van der Waals surface area contributed by atoms with Gasteiger partial charge in [0.15, 0.2) is 0 Å². The molecule has 88 valence electrons. The fraction of sp³-hybridized carbons (Fsp3) is 0.0833. The Hall–Kier alpha value is -1.65. The predicted molar refractivity (Wildman–Crippen MR) is 66.8 cm³/mol. The summed E-state index contributed by atoms with van der Waals surface area (Å²) in [6.07, 6.45) is 1.59. The summed E-state index contributed by atoms with van der Waals surface area (Å²) in [7, 11) is 0. The first-order chi connectivity index (χ1) is 8.20. The van der Waals surface area contributed by atoms with E-state index in [9.17, 15) is 4.39 Å². The smallest absolute Gasteiger partial charge is 0.148 e. The van der Waals surface area contributed by atoms with Crippen LogP contribution in [0.1, 0.15) is 5.69 Å². The lowest BCUT2D eigenvalue weighted by atomic mass is 10.2. The second-order valence-electron chi connectivity index (χ2n) is 3.46. The van der Waals surface area contributed by atoms with Crippen molar-refractivity contribution in [1.82, 2.24) is 4.98 Å². The maximum Gasteiger partial charge on any atom is 0.148 e. The van der Waals surface area contributed by atoms with Crippen molar-refractivity contribution in [2.75, 3.05) is 5.32 Å². The average molecular weight is 252 g/mol. The van der Waals surface area contributed by atoms with Crippen LogP contribution in [-0.4, -0.2) is 4.98 Å². The number of nitrogens with one attached hydrogen (secondary N) is 1. The minimum Gasteiger partial charge on any atom is -0.351 e. The number of pyridine rings is 1. The van der Waals surface area contributed by atoms with Crippen LogP contribution < -0.4 is 11.1 Å². The topological polar surface area (TPSA) is 50.9 Å². The van der Waals surface area contributed by atoms with E-state index in [1.165, 1.54) is 6.07 Å². The Morgan fingerprint density at radius 2 is 2.12 bits per heavy atom. The van der Waals surface area contributed by atoms with Crippen molar-refractivity contribution in [3.8, 4) is 0 Å². The van der Waals surface area contributed by atoms with E-state index < -0.39 is 5.82 Å². The van der Waals surface area contributed by atoms with Gasteiger partial charge >= 0.3 is 0 Å². The monoisotopic (exact) mass is 251 g/mol. The fourth-order valence-corrected chi connectivity index (χ4v) is 1.59. The first-order valence-corrected chi connectivity index (χ1v) is 5.44. The van der Waals surface area contributed by atoms with Gasteiger partial charge < -0.3 is 11.1 Å². The summed E-state index contributed by atoms with van der Waals surface area (Å²) in [6, 6.07) is 8.07. The summed E-state index contributed by atoms with van der Waals surface area (Å²) >= 11 is 5.90. The zero-order chi connectivity index (χ0) is 12.3. The first-order valence-electron chi connectivity index (χ1n) is 5.06. The van der Waals surface area contributed by atoms with Crippen molar-refractivity contribution in [3.05, 3.63) is 53.1 Å². The summed E-state index contributed by atoms with van der Waals surface area (Å²) in [5, 5.41) is 3.21. The van der Waals surface area contributed by atoms with Crippen LogP contribution in [0.25, 0.3) is 0 Å². The second-order valence-corrected chi connectivity index (χ2v) is 3.87. The molecule has 2 rings (SSSR count). The molecule has 0 radical (unpaired) electrons. The van der Waals surface area contributed by atoms with E-state index in [1.807, 2.05) is 0 Å². The maximum atomic E-state index is 13.5. The molecular weight excluding hydrogens is 241 g/mol. The molecule has 0 aliphatic heterocycles. The predicted octanol–water partition coefficient (Wildman–Crippen LogP) is 3.08. The molecule has 17 heavy (non-hydrogen) atoms. The molecule has 0 unspecified atom stereocenters. The Morgan fingerprint density at radius 3 is 2.71 bits per heavy atom. The summed E-state index contributed by atoms with van der Waals surface area (Å²) in [5.74, 6) is -0.402. The number of para-hydroxylation sites is 1. The molecule has 2 aromatic rings. The Bertz CT molecular complexity index is 493. The summed E-state index contributed by atoms with van der Waals surface area (Å²) in [4.78, 5) is 4.10. The highest BCUT2D eigenvalue weighted by Gasteiger charge is 2.06. The van der Waals surface area contributed by atoms with E-state index in [-0.39, 0.29) is 5.69 Å². The Kier molecular flexibility index (Phi) is 3.56. The minimum atomic E-state index is -0.402. The Morgan fingerprint density at radius 1 is 1.29 bits per heavy atom. The first kappa shape index (κ1) is 11.8. The standard InChI is InChI=1S/C12H11ClFN3/c13-10-2-1-3-11(14)12(10)17-9-5-4-8(6-15)16-7-9/h1-5,7,17H,6,15H2. The molecule has 5 heteroatoms. The number of nitrogens with two attached hydrogens (primary N) is 1. The molecule has 0 fully saturated rings. The largest absolute Gasteiger partial charge is 0.351 e. The molecule has 0 atom stereocenters. The number of hydrogen-bond acceptors (Lipinski definition) is 3. The number of anilines is 2. The number of halogens is 2. The highest BCUT2D eigenvalue weighted by Crippen LogP contribution is 2.27. The van der Waals surface area contributed by atoms with Crippen molar-refractivity contribution in [2.45, 2.75) is 6.54 Å². The van der Waals surface area contributed by atoms with Gasteiger partial charge in [0.25, 0.3) is 0 Å². The fourth-order valence-electron chi connectivity index (χ4n) is 1.38. The third-order valence-corrected chi connectivity index (χ3v) is 2.58. The molecule has 0 amide bonds. The normalized spacial score (nSPS) is 10.3. The van der Waals surface area contributed by atoms with E-state index >= 15 is 0 Å². The number of hydrogen-bond donors (Lipinski definition) is 2. The number of benzene rings is 1. The van der Waals surface area contributed by atoms with Crippen LogP contribution in [-0.2, 0) is 6.54 Å². The van der Waals surface area contributed by atoms with Gasteiger partial charge in [0.2, 0.25) is 0 Å². The van der Waals surface area contributed by atoms with Gasteiger partial charge in [0, 0.05) is 6.54 Å². The summed E-state index contributed by atoms with van der Waals surface area (Å²) < 4.78 is 13.5. The van der Waals surface area contributed by atoms with Crippen LogP contribution >= 0.6 is 11.6 Å². The van der Waals surface area contributed by atoms with E-state index in [1.54, 1.807) is 30.5 Å². The van der Waals surface area contributed by atoms with Crippen LogP contribution in [0, 0.1) is 5.82 Å². The van der Waals surface area contributed by atoms with Crippen LogP contribution in [0.2, 0.25) is 5.02 Å². The van der Waals surface area contributed by atoms with Crippen molar-refractivity contribution in [1.29, 1.82) is 0 Å². The van der Waals surface area contributed by atoms with Crippen LogP contribution in [0.3, 0.4) is 0 Å². The van der Waals surface area contributed by atoms with Gasteiger partial charge in [0.1, 0.15) is 5.82 Å². The van der Waals surface area contributed by atoms with E-state index in [4.69, 9.17) is 17.3 Å². The third kappa shape index (κ3) is 2.72. The molecule has 0 saturated carbocycles. The lowest BCUT2D eigenvalue weighted by Gasteiger charge is -2.09.